The second kappa shape index (κ2) is 6.80. The number of aromatic nitrogens is 2. The topological polar surface area (TPSA) is 68.9 Å². The van der Waals surface area contributed by atoms with Crippen LogP contribution in [0.25, 0.3) is 21.8 Å². The van der Waals surface area contributed by atoms with Crippen LogP contribution >= 0.6 is 0 Å². The minimum atomic E-state index is 0.455. The fourth-order valence-electron chi connectivity index (χ4n) is 3.65. The third-order valence-corrected chi connectivity index (χ3v) is 5.11. The molecule has 4 nitrogen and oxygen atoms in total. The third-order valence-electron chi connectivity index (χ3n) is 5.11. The molecule has 0 aliphatic heterocycles. The zero-order valence-electron chi connectivity index (χ0n) is 15.5. The van der Waals surface area contributed by atoms with Crippen molar-refractivity contribution in [1.29, 1.82) is 0 Å². The van der Waals surface area contributed by atoms with E-state index in [2.05, 4.69) is 28.2 Å². The lowest BCUT2D eigenvalue weighted by atomic mass is 9.96. The molecule has 2 aromatic heterocycles. The molecule has 2 N–H and O–H groups in total. The standard InChI is InChI=1S/C23H21N3O/c1-14-6-8-19-20-11-16(12-25-22(20)23(24)26-21(19)10-14)7-9-18-15(2)4-3-5-17(18)13-27/h3-6,8,10-13H,7,9H2,1-2H3,(H2,24,26). The summed E-state index contributed by atoms with van der Waals surface area (Å²) in [4.78, 5) is 20.4. The summed E-state index contributed by atoms with van der Waals surface area (Å²) in [6, 6.07) is 14.2. The van der Waals surface area contributed by atoms with E-state index in [4.69, 9.17) is 5.73 Å². The first kappa shape index (κ1) is 17.2. The first-order valence-electron chi connectivity index (χ1n) is 9.05. The van der Waals surface area contributed by atoms with Gasteiger partial charge in [0.2, 0.25) is 0 Å². The van der Waals surface area contributed by atoms with Gasteiger partial charge in [0.25, 0.3) is 0 Å². The van der Waals surface area contributed by atoms with Crippen molar-refractivity contribution in [2.45, 2.75) is 26.7 Å². The second-order valence-corrected chi connectivity index (χ2v) is 7.02. The van der Waals surface area contributed by atoms with Gasteiger partial charge in [0.05, 0.1) is 5.52 Å². The molecule has 4 aromatic rings. The molecular weight excluding hydrogens is 334 g/mol. The van der Waals surface area contributed by atoms with Gasteiger partial charge in [-0.3, -0.25) is 9.78 Å². The Balaban J connectivity index is 1.76. The first-order valence-corrected chi connectivity index (χ1v) is 9.05. The number of carbonyl (C=O) groups excluding carboxylic acids is 1. The number of pyridine rings is 2. The minimum absolute atomic E-state index is 0.455. The average Bonchev–Trinajstić information content (AvgIpc) is 2.66. The maximum Gasteiger partial charge on any atom is 0.150 e. The molecule has 0 aliphatic carbocycles. The molecular formula is C23H21N3O. The minimum Gasteiger partial charge on any atom is -0.382 e. The van der Waals surface area contributed by atoms with Crippen molar-refractivity contribution in [3.05, 3.63) is 76.5 Å². The Kier molecular flexibility index (Phi) is 4.32. The predicted octanol–water partition coefficient (Wildman–Crippen LogP) is 4.58. The quantitative estimate of drug-likeness (QED) is 0.430. The zero-order chi connectivity index (χ0) is 19.0. The van der Waals surface area contributed by atoms with Gasteiger partial charge in [0, 0.05) is 22.5 Å². The summed E-state index contributed by atoms with van der Waals surface area (Å²) in [7, 11) is 0. The Hall–Kier alpha value is -3.27. The molecule has 27 heavy (non-hydrogen) atoms. The summed E-state index contributed by atoms with van der Waals surface area (Å²) >= 11 is 0. The first-order chi connectivity index (χ1) is 13.1. The van der Waals surface area contributed by atoms with Gasteiger partial charge in [0.15, 0.2) is 5.82 Å². The molecule has 0 atom stereocenters. The van der Waals surface area contributed by atoms with E-state index in [1.807, 2.05) is 44.3 Å². The smallest absolute Gasteiger partial charge is 0.150 e. The molecule has 0 fully saturated rings. The maximum atomic E-state index is 11.3. The van der Waals surface area contributed by atoms with Crippen molar-refractivity contribution in [1.82, 2.24) is 9.97 Å². The van der Waals surface area contributed by atoms with Gasteiger partial charge >= 0.3 is 0 Å². The summed E-state index contributed by atoms with van der Waals surface area (Å²) in [6.07, 6.45) is 4.40. The van der Waals surface area contributed by atoms with Crippen LogP contribution < -0.4 is 5.73 Å². The zero-order valence-corrected chi connectivity index (χ0v) is 15.5. The Morgan fingerprint density at radius 3 is 2.70 bits per heavy atom. The lowest BCUT2D eigenvalue weighted by Crippen LogP contribution is -2.01. The van der Waals surface area contributed by atoms with E-state index in [1.165, 1.54) is 0 Å². The Morgan fingerprint density at radius 1 is 1.04 bits per heavy atom. The molecule has 0 bridgehead atoms. The largest absolute Gasteiger partial charge is 0.382 e. The number of nitrogen functional groups attached to an aromatic ring is 1. The van der Waals surface area contributed by atoms with Crippen LogP contribution in [0.1, 0.15) is 32.6 Å². The molecule has 0 saturated carbocycles. The number of aldehydes is 1. The van der Waals surface area contributed by atoms with Crippen LogP contribution in [0.4, 0.5) is 5.82 Å². The van der Waals surface area contributed by atoms with E-state index in [0.29, 0.717) is 5.82 Å². The molecule has 0 radical (unpaired) electrons. The number of aryl methyl sites for hydroxylation is 3. The van der Waals surface area contributed by atoms with Gasteiger partial charge in [0.1, 0.15) is 11.8 Å². The van der Waals surface area contributed by atoms with Crippen molar-refractivity contribution in [2.75, 3.05) is 5.73 Å². The molecule has 0 aliphatic rings. The van der Waals surface area contributed by atoms with Crippen molar-refractivity contribution >= 4 is 33.9 Å². The summed E-state index contributed by atoms with van der Waals surface area (Å²) in [5.41, 5.74) is 13.0. The highest BCUT2D eigenvalue weighted by Crippen LogP contribution is 2.28. The number of nitrogens with two attached hydrogens (primary N) is 1. The van der Waals surface area contributed by atoms with Gasteiger partial charge in [-0.1, -0.05) is 30.3 Å². The lowest BCUT2D eigenvalue weighted by Gasteiger charge is -2.11. The van der Waals surface area contributed by atoms with Crippen molar-refractivity contribution in [3.63, 3.8) is 0 Å². The number of fused-ring (bicyclic) bond motifs is 3. The van der Waals surface area contributed by atoms with E-state index < -0.39 is 0 Å². The number of hydrogen-bond donors (Lipinski definition) is 1. The SMILES string of the molecule is Cc1ccc2c(c1)nc(N)c1ncc(CCc3c(C)cccc3C=O)cc12. The normalized spacial score (nSPS) is 11.2. The number of rotatable bonds is 4. The summed E-state index contributed by atoms with van der Waals surface area (Å²) < 4.78 is 0. The van der Waals surface area contributed by atoms with Crippen molar-refractivity contribution in [3.8, 4) is 0 Å². The molecule has 0 saturated heterocycles. The predicted molar refractivity (Wildman–Crippen MR) is 110 cm³/mol. The van der Waals surface area contributed by atoms with Gasteiger partial charge < -0.3 is 5.73 Å². The van der Waals surface area contributed by atoms with Crippen LogP contribution in [0.5, 0.6) is 0 Å². The van der Waals surface area contributed by atoms with Gasteiger partial charge in [-0.15, -0.1) is 0 Å². The molecule has 0 amide bonds. The Bertz CT molecular complexity index is 1180. The van der Waals surface area contributed by atoms with E-state index >= 15 is 0 Å². The van der Waals surface area contributed by atoms with Crippen molar-refractivity contribution < 1.29 is 4.79 Å². The lowest BCUT2D eigenvalue weighted by molar-refractivity contribution is 0.112. The van der Waals surface area contributed by atoms with E-state index in [1.54, 1.807) is 0 Å². The van der Waals surface area contributed by atoms with Gasteiger partial charge in [-0.25, -0.2) is 4.98 Å². The highest BCUT2D eigenvalue weighted by molar-refractivity contribution is 6.08. The van der Waals surface area contributed by atoms with Crippen LogP contribution in [0.2, 0.25) is 0 Å². The molecule has 0 unspecified atom stereocenters. The number of nitrogens with zero attached hydrogens (tertiary/aromatic N) is 2. The monoisotopic (exact) mass is 355 g/mol. The summed E-state index contributed by atoms with van der Waals surface area (Å²) in [6.45, 7) is 4.09. The molecule has 4 heteroatoms. The van der Waals surface area contributed by atoms with E-state index in [0.717, 1.165) is 68.8 Å². The van der Waals surface area contributed by atoms with E-state index in [-0.39, 0.29) is 0 Å². The van der Waals surface area contributed by atoms with Crippen LogP contribution in [0, 0.1) is 13.8 Å². The second-order valence-electron chi connectivity index (χ2n) is 7.02. The highest BCUT2D eigenvalue weighted by atomic mass is 16.1. The van der Waals surface area contributed by atoms with Gasteiger partial charge in [-0.05, 0) is 61.1 Å². The Morgan fingerprint density at radius 2 is 1.89 bits per heavy atom. The van der Waals surface area contributed by atoms with Crippen LogP contribution in [0.15, 0.2) is 48.7 Å². The van der Waals surface area contributed by atoms with Crippen LogP contribution in [-0.2, 0) is 12.8 Å². The van der Waals surface area contributed by atoms with Crippen LogP contribution in [-0.4, -0.2) is 16.3 Å². The number of carbonyl (C=O) groups is 1. The third kappa shape index (κ3) is 3.14. The fourth-order valence-corrected chi connectivity index (χ4v) is 3.65. The maximum absolute atomic E-state index is 11.3. The molecule has 134 valence electrons. The van der Waals surface area contributed by atoms with Gasteiger partial charge in [-0.2, -0.15) is 0 Å². The summed E-state index contributed by atoms with van der Waals surface area (Å²) in [5.74, 6) is 0.455. The summed E-state index contributed by atoms with van der Waals surface area (Å²) in [5, 5.41) is 2.08. The number of benzene rings is 2. The number of hydrogen-bond acceptors (Lipinski definition) is 4. The molecule has 2 aromatic carbocycles. The fraction of sp³-hybridized carbons (Fsp3) is 0.174. The number of anilines is 1. The molecule has 2 heterocycles. The highest BCUT2D eigenvalue weighted by Gasteiger charge is 2.10. The Labute approximate surface area is 158 Å². The average molecular weight is 355 g/mol. The van der Waals surface area contributed by atoms with E-state index in [9.17, 15) is 4.79 Å². The molecule has 0 spiro atoms. The van der Waals surface area contributed by atoms with Crippen molar-refractivity contribution in [2.24, 2.45) is 0 Å². The molecule has 4 rings (SSSR count). The van der Waals surface area contributed by atoms with Crippen LogP contribution in [0.3, 0.4) is 0 Å².